The van der Waals surface area contributed by atoms with Gasteiger partial charge < -0.3 is 15.1 Å². The molecule has 1 atom stereocenters. The molecule has 0 saturated carbocycles. The Labute approximate surface area is 244 Å². The Hall–Kier alpha value is -4.95. The minimum atomic E-state index is -0.618. The van der Waals surface area contributed by atoms with E-state index in [4.69, 9.17) is 0 Å². The number of benzene rings is 4. The van der Waals surface area contributed by atoms with Gasteiger partial charge >= 0.3 is 0 Å². The summed E-state index contributed by atoms with van der Waals surface area (Å²) in [7, 11) is 1.64. The van der Waals surface area contributed by atoms with Crippen molar-refractivity contribution in [1.82, 2.24) is 5.32 Å². The number of fused-ring (bicyclic) bond motifs is 2. The predicted molar refractivity (Wildman–Crippen MR) is 165 cm³/mol. The van der Waals surface area contributed by atoms with Crippen LogP contribution in [0.1, 0.15) is 45.7 Å². The van der Waals surface area contributed by atoms with Crippen molar-refractivity contribution in [3.05, 3.63) is 107 Å². The Morgan fingerprint density at radius 3 is 2.21 bits per heavy atom. The molecule has 0 aliphatic carbocycles. The fraction of sp³-hybridized carbons (Fsp3) is 0.206. The maximum Gasteiger partial charge on any atom is 0.275 e. The molecular formula is C34H32N4O4. The second-order valence-electron chi connectivity index (χ2n) is 10.4. The molecule has 0 fully saturated rings. The maximum absolute atomic E-state index is 14.3. The van der Waals surface area contributed by atoms with Crippen LogP contribution >= 0.6 is 0 Å². The van der Waals surface area contributed by atoms with Crippen molar-refractivity contribution in [1.29, 1.82) is 0 Å². The number of aryl methyl sites for hydroxylation is 1. The highest BCUT2D eigenvalue weighted by atomic mass is 16.2. The minimum Gasteiger partial charge on any atom is -0.309 e. The molecule has 0 spiro atoms. The Kier molecular flexibility index (Phi) is 8.08. The summed E-state index contributed by atoms with van der Waals surface area (Å²) in [5.74, 6) is -1.44. The number of Topliss-reactive ketones (excluding diaryl/α,β-unsaturated/α-hetero) is 1. The lowest BCUT2D eigenvalue weighted by Crippen LogP contribution is -2.41. The monoisotopic (exact) mass is 560 g/mol. The van der Waals surface area contributed by atoms with Gasteiger partial charge in [-0.25, -0.2) is 4.99 Å². The average molecular weight is 561 g/mol. The molecule has 42 heavy (non-hydrogen) atoms. The number of carbonyl (C=O) groups excluding carboxylic acids is 4. The predicted octanol–water partition coefficient (Wildman–Crippen LogP) is 5.12. The number of amides is 3. The number of carbonyl (C=O) groups is 4. The van der Waals surface area contributed by atoms with E-state index in [9.17, 15) is 19.2 Å². The van der Waals surface area contributed by atoms with E-state index in [1.807, 2.05) is 43.3 Å². The summed E-state index contributed by atoms with van der Waals surface area (Å²) in [6, 6.07) is 25.1. The zero-order chi connectivity index (χ0) is 30.0. The SMILES string of the molecule is CN[C@@H](C)C(=O)N=C1CN(C(=O)c2ccc(C(C)=O)cc2)c2ccccc2N(Cc2c(C)ccc3ccccc23)C1=O. The molecule has 1 aliphatic rings. The number of anilines is 2. The number of nitrogens with zero attached hydrogens (tertiary/aromatic N) is 3. The molecule has 5 rings (SSSR count). The Balaban J connectivity index is 1.66. The number of ketones is 1. The van der Waals surface area contributed by atoms with Crippen molar-refractivity contribution in [2.75, 3.05) is 23.4 Å². The molecule has 4 aromatic carbocycles. The smallest absolute Gasteiger partial charge is 0.275 e. The summed E-state index contributed by atoms with van der Waals surface area (Å²) >= 11 is 0. The molecule has 0 radical (unpaired) electrons. The third-order valence-electron chi connectivity index (χ3n) is 7.69. The fourth-order valence-electron chi connectivity index (χ4n) is 5.08. The molecule has 8 heteroatoms. The first-order valence-electron chi connectivity index (χ1n) is 13.8. The molecule has 3 amide bonds. The first-order valence-corrected chi connectivity index (χ1v) is 13.8. The van der Waals surface area contributed by atoms with Crippen LogP contribution < -0.4 is 15.1 Å². The van der Waals surface area contributed by atoms with Crippen LogP contribution in [0.5, 0.6) is 0 Å². The van der Waals surface area contributed by atoms with E-state index >= 15 is 0 Å². The average Bonchev–Trinajstić information content (AvgIpc) is 3.12. The van der Waals surface area contributed by atoms with E-state index < -0.39 is 17.9 Å². The third-order valence-corrected chi connectivity index (χ3v) is 7.69. The van der Waals surface area contributed by atoms with Gasteiger partial charge in [0.05, 0.1) is 30.5 Å². The topological polar surface area (TPSA) is 99.2 Å². The summed E-state index contributed by atoms with van der Waals surface area (Å²) < 4.78 is 0. The zero-order valence-corrected chi connectivity index (χ0v) is 24.0. The summed E-state index contributed by atoms with van der Waals surface area (Å²) in [4.78, 5) is 60.3. The minimum absolute atomic E-state index is 0.0371. The van der Waals surface area contributed by atoms with E-state index in [-0.39, 0.29) is 30.5 Å². The lowest BCUT2D eigenvalue weighted by Gasteiger charge is -2.26. The summed E-state index contributed by atoms with van der Waals surface area (Å²) in [6.45, 7) is 5.15. The number of nitrogens with one attached hydrogen (secondary N) is 1. The molecule has 0 aromatic heterocycles. The van der Waals surface area contributed by atoms with E-state index in [1.54, 1.807) is 61.3 Å². The molecule has 1 heterocycles. The van der Waals surface area contributed by atoms with Gasteiger partial charge in [0.15, 0.2) is 5.78 Å². The highest BCUT2D eigenvalue weighted by Gasteiger charge is 2.35. The van der Waals surface area contributed by atoms with Crippen LogP contribution in [0.15, 0.2) is 89.9 Å². The largest absolute Gasteiger partial charge is 0.309 e. The number of hydrogen-bond donors (Lipinski definition) is 1. The van der Waals surface area contributed by atoms with Gasteiger partial charge in [-0.3, -0.25) is 19.2 Å². The number of likely N-dealkylation sites (N-methyl/N-ethyl adjacent to an activating group) is 1. The van der Waals surface area contributed by atoms with Gasteiger partial charge in [-0.2, -0.15) is 0 Å². The van der Waals surface area contributed by atoms with Gasteiger partial charge in [0, 0.05) is 11.1 Å². The highest BCUT2D eigenvalue weighted by Crippen LogP contribution is 2.36. The molecule has 212 valence electrons. The van der Waals surface area contributed by atoms with Crippen LogP contribution in [-0.2, 0) is 16.1 Å². The lowest BCUT2D eigenvalue weighted by molar-refractivity contribution is -0.120. The molecule has 1 aliphatic heterocycles. The van der Waals surface area contributed by atoms with E-state index in [1.165, 1.54) is 11.8 Å². The van der Waals surface area contributed by atoms with Crippen molar-refractivity contribution in [2.45, 2.75) is 33.4 Å². The fourth-order valence-corrected chi connectivity index (χ4v) is 5.08. The van der Waals surface area contributed by atoms with Crippen molar-refractivity contribution in [3.8, 4) is 0 Å². The van der Waals surface area contributed by atoms with Gasteiger partial charge in [0.25, 0.3) is 17.7 Å². The molecule has 4 aromatic rings. The Bertz CT molecular complexity index is 1740. The summed E-state index contributed by atoms with van der Waals surface area (Å²) in [5, 5.41) is 4.93. The Morgan fingerprint density at radius 1 is 0.881 bits per heavy atom. The summed E-state index contributed by atoms with van der Waals surface area (Å²) in [6.07, 6.45) is 0. The first-order chi connectivity index (χ1) is 20.2. The van der Waals surface area contributed by atoms with Crippen LogP contribution in [0.2, 0.25) is 0 Å². The number of para-hydroxylation sites is 2. The van der Waals surface area contributed by atoms with E-state index in [0.29, 0.717) is 22.5 Å². The lowest BCUT2D eigenvalue weighted by atomic mass is 9.99. The molecule has 8 nitrogen and oxygen atoms in total. The van der Waals surface area contributed by atoms with Crippen LogP contribution in [0.25, 0.3) is 10.8 Å². The van der Waals surface area contributed by atoms with E-state index in [0.717, 1.165) is 21.9 Å². The normalized spacial score (nSPS) is 15.0. The van der Waals surface area contributed by atoms with Crippen LogP contribution in [0.4, 0.5) is 11.4 Å². The van der Waals surface area contributed by atoms with Crippen LogP contribution in [0, 0.1) is 6.92 Å². The van der Waals surface area contributed by atoms with Gasteiger partial charge in [0.2, 0.25) is 0 Å². The van der Waals surface area contributed by atoms with Crippen LogP contribution in [-0.4, -0.2) is 48.9 Å². The second-order valence-corrected chi connectivity index (χ2v) is 10.4. The number of hydrogen-bond acceptors (Lipinski definition) is 5. The third kappa shape index (κ3) is 5.49. The quantitative estimate of drug-likeness (QED) is 0.330. The van der Waals surface area contributed by atoms with Crippen LogP contribution in [0.3, 0.4) is 0 Å². The maximum atomic E-state index is 14.3. The van der Waals surface area contributed by atoms with Gasteiger partial charge in [0.1, 0.15) is 5.71 Å². The first kappa shape index (κ1) is 28.6. The van der Waals surface area contributed by atoms with Crippen molar-refractivity contribution < 1.29 is 19.2 Å². The second kappa shape index (κ2) is 11.9. The number of aliphatic imine (C=N–C) groups is 1. The molecule has 0 saturated heterocycles. The van der Waals surface area contributed by atoms with Gasteiger partial charge in [-0.05, 0) is 74.0 Å². The van der Waals surface area contributed by atoms with Crippen molar-refractivity contribution in [2.24, 2.45) is 4.99 Å². The molecule has 0 bridgehead atoms. The number of rotatable bonds is 6. The standard InChI is InChI=1S/C34H32N4O4/c1-21-13-14-25-9-5-6-10-27(25)28(21)19-37-30-11-7-8-12-31(30)38(20-29(34(37)42)36-32(40)22(2)35-4)33(41)26-17-15-24(16-18-26)23(3)39/h5-18,22,35H,19-20H2,1-4H3/t22-/m0/s1. The molecule has 0 unspecified atom stereocenters. The van der Waals surface area contributed by atoms with Gasteiger partial charge in [-0.15, -0.1) is 0 Å². The molecule has 1 N–H and O–H groups in total. The van der Waals surface area contributed by atoms with E-state index in [2.05, 4.69) is 16.4 Å². The highest BCUT2D eigenvalue weighted by molar-refractivity contribution is 6.48. The molecular weight excluding hydrogens is 528 g/mol. The van der Waals surface area contributed by atoms with Gasteiger partial charge in [-0.1, -0.05) is 60.7 Å². The Morgan fingerprint density at radius 2 is 1.52 bits per heavy atom. The van der Waals surface area contributed by atoms with Crippen molar-refractivity contribution >= 4 is 51.4 Å². The van der Waals surface area contributed by atoms with Crippen molar-refractivity contribution in [3.63, 3.8) is 0 Å². The summed E-state index contributed by atoms with van der Waals surface area (Å²) in [5.41, 5.74) is 3.82. The zero-order valence-electron chi connectivity index (χ0n) is 24.0.